The first kappa shape index (κ1) is 13.4. The molecule has 1 atom stereocenters. The summed E-state index contributed by atoms with van der Waals surface area (Å²) in [6.45, 7) is 1.66. The maximum atomic E-state index is 13.3. The highest BCUT2D eigenvalue weighted by molar-refractivity contribution is 9.10. The molecule has 0 aromatic carbocycles. The van der Waals surface area contributed by atoms with E-state index in [9.17, 15) is 12.8 Å². The summed E-state index contributed by atoms with van der Waals surface area (Å²) in [5, 5.41) is 2.71. The Morgan fingerprint density at radius 3 is 2.75 bits per heavy atom. The highest BCUT2D eigenvalue weighted by atomic mass is 79.9. The zero-order valence-electron chi connectivity index (χ0n) is 8.87. The van der Waals surface area contributed by atoms with E-state index in [1.165, 1.54) is 12.3 Å². The van der Waals surface area contributed by atoms with Crippen LogP contribution in [0.4, 0.5) is 10.2 Å². The fourth-order valence-electron chi connectivity index (χ4n) is 1.25. The third-order valence-corrected chi connectivity index (χ3v) is 3.28. The molecule has 0 amide bonds. The minimum atomic E-state index is -3.09. The SMILES string of the molecule is CC(CS(C)(=O)=O)Nc1ncc(Br)cc1F. The largest absolute Gasteiger partial charge is 0.364 e. The molecule has 1 unspecified atom stereocenters. The summed E-state index contributed by atoms with van der Waals surface area (Å²) in [4.78, 5) is 3.82. The van der Waals surface area contributed by atoms with E-state index in [1.807, 2.05) is 0 Å². The highest BCUT2D eigenvalue weighted by Gasteiger charge is 2.13. The van der Waals surface area contributed by atoms with Crippen LogP contribution in [-0.2, 0) is 9.84 Å². The molecule has 0 radical (unpaired) electrons. The van der Waals surface area contributed by atoms with Crippen molar-refractivity contribution in [3.8, 4) is 0 Å². The molecular weight excluding hydrogens is 299 g/mol. The molecule has 4 nitrogen and oxygen atoms in total. The average molecular weight is 311 g/mol. The fourth-order valence-corrected chi connectivity index (χ4v) is 2.54. The maximum absolute atomic E-state index is 13.3. The van der Waals surface area contributed by atoms with Crippen molar-refractivity contribution in [3.63, 3.8) is 0 Å². The molecule has 0 aliphatic rings. The van der Waals surface area contributed by atoms with Gasteiger partial charge in [-0.25, -0.2) is 17.8 Å². The summed E-state index contributed by atoms with van der Waals surface area (Å²) in [6.07, 6.45) is 2.58. The Morgan fingerprint density at radius 1 is 1.62 bits per heavy atom. The van der Waals surface area contributed by atoms with Crippen LogP contribution in [-0.4, -0.2) is 31.5 Å². The van der Waals surface area contributed by atoms with Gasteiger partial charge in [0, 0.05) is 23.0 Å². The van der Waals surface area contributed by atoms with E-state index in [4.69, 9.17) is 0 Å². The van der Waals surface area contributed by atoms with E-state index >= 15 is 0 Å². The van der Waals surface area contributed by atoms with Gasteiger partial charge in [-0.05, 0) is 28.9 Å². The molecule has 0 aliphatic carbocycles. The zero-order chi connectivity index (χ0) is 12.3. The molecular formula is C9H12BrFN2O2S. The quantitative estimate of drug-likeness (QED) is 0.921. The smallest absolute Gasteiger partial charge is 0.166 e. The van der Waals surface area contributed by atoms with Gasteiger partial charge in [0.25, 0.3) is 0 Å². The van der Waals surface area contributed by atoms with Gasteiger partial charge in [-0.1, -0.05) is 0 Å². The molecule has 1 heterocycles. The maximum Gasteiger partial charge on any atom is 0.166 e. The monoisotopic (exact) mass is 310 g/mol. The van der Waals surface area contributed by atoms with Crippen molar-refractivity contribution in [2.45, 2.75) is 13.0 Å². The van der Waals surface area contributed by atoms with Gasteiger partial charge in [-0.15, -0.1) is 0 Å². The lowest BCUT2D eigenvalue weighted by Gasteiger charge is -2.13. The first-order valence-corrected chi connectivity index (χ1v) is 7.38. The molecule has 0 spiro atoms. The van der Waals surface area contributed by atoms with E-state index in [1.54, 1.807) is 6.92 Å². The lowest BCUT2D eigenvalue weighted by Crippen LogP contribution is -2.26. The normalized spacial score (nSPS) is 13.5. The molecule has 0 bridgehead atoms. The third-order valence-electron chi connectivity index (χ3n) is 1.74. The summed E-state index contributed by atoms with van der Waals surface area (Å²) < 4.78 is 35.9. The number of pyridine rings is 1. The number of sulfone groups is 1. The summed E-state index contributed by atoms with van der Waals surface area (Å²) >= 11 is 3.09. The van der Waals surface area contributed by atoms with Crippen LogP contribution in [0.5, 0.6) is 0 Å². The first-order valence-electron chi connectivity index (χ1n) is 4.53. The molecule has 16 heavy (non-hydrogen) atoms. The number of hydrogen-bond donors (Lipinski definition) is 1. The standard InChI is InChI=1S/C9H12BrFN2O2S/c1-6(5-16(2,14)15)13-9-8(11)3-7(10)4-12-9/h3-4,6H,5H2,1-2H3,(H,12,13). The van der Waals surface area contributed by atoms with Crippen molar-refractivity contribution >= 4 is 31.6 Å². The van der Waals surface area contributed by atoms with Crippen LogP contribution in [0.15, 0.2) is 16.7 Å². The summed E-state index contributed by atoms with van der Waals surface area (Å²) in [5.74, 6) is -0.529. The predicted octanol–water partition coefficient (Wildman–Crippen LogP) is 1.83. The lowest BCUT2D eigenvalue weighted by molar-refractivity contribution is 0.595. The van der Waals surface area contributed by atoms with Crippen molar-refractivity contribution in [2.75, 3.05) is 17.3 Å². The van der Waals surface area contributed by atoms with Crippen molar-refractivity contribution < 1.29 is 12.8 Å². The van der Waals surface area contributed by atoms with Gasteiger partial charge in [0.05, 0.1) is 5.75 Å². The fraction of sp³-hybridized carbons (Fsp3) is 0.444. The number of anilines is 1. The second kappa shape index (κ2) is 5.09. The molecule has 0 fully saturated rings. The molecule has 7 heteroatoms. The molecule has 1 aromatic heterocycles. The van der Waals surface area contributed by atoms with Gasteiger partial charge >= 0.3 is 0 Å². The van der Waals surface area contributed by atoms with Crippen LogP contribution >= 0.6 is 15.9 Å². The number of nitrogens with one attached hydrogen (secondary N) is 1. The highest BCUT2D eigenvalue weighted by Crippen LogP contribution is 2.16. The van der Waals surface area contributed by atoms with E-state index in [-0.39, 0.29) is 11.6 Å². The number of halogens is 2. The summed E-state index contributed by atoms with van der Waals surface area (Å²) in [5.41, 5.74) is 0. The van der Waals surface area contributed by atoms with E-state index in [2.05, 4.69) is 26.2 Å². The van der Waals surface area contributed by atoms with Crippen LogP contribution < -0.4 is 5.32 Å². The van der Waals surface area contributed by atoms with E-state index < -0.39 is 21.7 Å². The second-order valence-electron chi connectivity index (χ2n) is 3.62. The minimum Gasteiger partial charge on any atom is -0.364 e. The number of hydrogen-bond acceptors (Lipinski definition) is 4. The van der Waals surface area contributed by atoms with Crippen molar-refractivity contribution in [2.24, 2.45) is 0 Å². The molecule has 1 rings (SSSR count). The second-order valence-corrected chi connectivity index (χ2v) is 6.72. The van der Waals surface area contributed by atoms with Crippen molar-refractivity contribution in [1.29, 1.82) is 0 Å². The van der Waals surface area contributed by atoms with Gasteiger partial charge in [-0.2, -0.15) is 0 Å². The van der Waals surface area contributed by atoms with Gasteiger partial charge in [0.1, 0.15) is 9.84 Å². The average Bonchev–Trinajstić information content (AvgIpc) is 2.06. The predicted molar refractivity (Wildman–Crippen MR) is 64.7 cm³/mol. The third kappa shape index (κ3) is 4.44. The van der Waals surface area contributed by atoms with Crippen LogP contribution in [0.25, 0.3) is 0 Å². The van der Waals surface area contributed by atoms with E-state index in [0.29, 0.717) is 4.47 Å². The van der Waals surface area contributed by atoms with Gasteiger partial charge in [0.2, 0.25) is 0 Å². The number of rotatable bonds is 4. The Balaban J connectivity index is 2.73. The van der Waals surface area contributed by atoms with Crippen LogP contribution in [0, 0.1) is 5.82 Å². The Hall–Kier alpha value is -0.690. The van der Waals surface area contributed by atoms with E-state index in [0.717, 1.165) is 6.26 Å². The van der Waals surface area contributed by atoms with Crippen molar-refractivity contribution in [1.82, 2.24) is 4.98 Å². The van der Waals surface area contributed by atoms with Gasteiger partial charge < -0.3 is 5.32 Å². The van der Waals surface area contributed by atoms with Crippen molar-refractivity contribution in [3.05, 3.63) is 22.6 Å². The molecule has 0 aliphatic heterocycles. The Bertz CT molecular complexity index is 478. The van der Waals surface area contributed by atoms with Gasteiger partial charge in [0.15, 0.2) is 11.6 Å². The summed E-state index contributed by atoms with van der Waals surface area (Å²) in [7, 11) is -3.09. The van der Waals surface area contributed by atoms with Crippen LogP contribution in [0.2, 0.25) is 0 Å². The van der Waals surface area contributed by atoms with Crippen LogP contribution in [0.1, 0.15) is 6.92 Å². The molecule has 0 saturated heterocycles. The molecule has 90 valence electrons. The molecule has 1 aromatic rings. The zero-order valence-corrected chi connectivity index (χ0v) is 11.3. The number of nitrogens with zero attached hydrogens (tertiary/aromatic N) is 1. The Kier molecular flexibility index (Phi) is 4.26. The Morgan fingerprint density at radius 2 is 2.25 bits per heavy atom. The molecule has 0 saturated carbocycles. The molecule has 1 N–H and O–H groups in total. The lowest BCUT2D eigenvalue weighted by atomic mass is 10.3. The van der Waals surface area contributed by atoms with Crippen LogP contribution in [0.3, 0.4) is 0 Å². The summed E-state index contributed by atoms with van der Waals surface area (Å²) in [6, 6.07) is 0.876. The number of aromatic nitrogens is 1. The minimum absolute atomic E-state index is 0.0550. The first-order chi connectivity index (χ1) is 7.28. The Labute approximate surface area is 102 Å². The van der Waals surface area contributed by atoms with Gasteiger partial charge in [-0.3, -0.25) is 0 Å². The topological polar surface area (TPSA) is 59.1 Å².